The van der Waals surface area contributed by atoms with Crippen molar-refractivity contribution in [3.05, 3.63) is 94.5 Å². The summed E-state index contributed by atoms with van der Waals surface area (Å²) in [6, 6.07) is 18.1. The lowest BCUT2D eigenvalue weighted by Gasteiger charge is -2.03. The third kappa shape index (κ3) is 4.27. The molecule has 2 bridgehead atoms. The van der Waals surface area contributed by atoms with Crippen molar-refractivity contribution in [2.24, 2.45) is 5.73 Å². The molecular formula is C23H18N2O6. The van der Waals surface area contributed by atoms with Crippen molar-refractivity contribution >= 4 is 34.8 Å². The van der Waals surface area contributed by atoms with E-state index in [1.807, 2.05) is 24.3 Å². The van der Waals surface area contributed by atoms with Crippen LogP contribution in [0.3, 0.4) is 0 Å². The molecule has 0 saturated heterocycles. The lowest BCUT2D eigenvalue weighted by Crippen LogP contribution is -2.13. The number of aromatic carboxylic acids is 2. The molecule has 2 aromatic carbocycles. The van der Waals surface area contributed by atoms with E-state index in [1.54, 1.807) is 28.8 Å². The maximum absolute atomic E-state index is 12.3. The monoisotopic (exact) mass is 418 g/mol. The number of rotatable bonds is 4. The standard InChI is InChI=1S/C14H10N2O2.C9H8O4/c15-13(17)9-1-3-10(4-2-9)14(18)16-11-5-6-12(16)8-7-11;1-5-6(8(10)11)3-2-4-7(5)9(12)13/h1-8H,(H2,15,17);2-4H,1H3,(H,10,11)(H,12,13). The first kappa shape index (κ1) is 21.3. The van der Waals surface area contributed by atoms with Crippen molar-refractivity contribution in [2.45, 2.75) is 6.92 Å². The summed E-state index contributed by atoms with van der Waals surface area (Å²) in [6.45, 7) is 1.48. The molecule has 0 atom stereocenters. The minimum Gasteiger partial charge on any atom is -0.478 e. The molecule has 0 radical (unpaired) electrons. The van der Waals surface area contributed by atoms with Gasteiger partial charge in [0.1, 0.15) is 0 Å². The number of nitrogens with two attached hydrogens (primary N) is 1. The second-order valence-corrected chi connectivity index (χ2v) is 6.69. The molecule has 0 aliphatic heterocycles. The summed E-state index contributed by atoms with van der Waals surface area (Å²) in [7, 11) is 0. The first-order valence-electron chi connectivity index (χ1n) is 9.11. The Bertz CT molecular complexity index is 1210. The van der Waals surface area contributed by atoms with Gasteiger partial charge in [-0.15, -0.1) is 0 Å². The molecule has 156 valence electrons. The summed E-state index contributed by atoms with van der Waals surface area (Å²) in [6.07, 6.45) is 0. The van der Waals surface area contributed by atoms with E-state index in [0.29, 0.717) is 11.1 Å². The second-order valence-electron chi connectivity index (χ2n) is 6.69. The molecule has 0 aliphatic carbocycles. The van der Waals surface area contributed by atoms with Crippen LogP contribution in [0.4, 0.5) is 0 Å². The highest BCUT2D eigenvalue weighted by molar-refractivity contribution is 6.04. The van der Waals surface area contributed by atoms with Crippen molar-refractivity contribution < 1.29 is 29.4 Å². The number of carbonyl (C=O) groups is 4. The Morgan fingerprint density at radius 2 is 1.13 bits per heavy atom. The molecule has 0 fully saturated rings. The number of benzene rings is 3. The Morgan fingerprint density at radius 1 is 0.710 bits per heavy atom. The predicted octanol–water partition coefficient (Wildman–Crippen LogP) is 3.26. The van der Waals surface area contributed by atoms with Crippen molar-refractivity contribution in [3.63, 3.8) is 0 Å². The fraction of sp³-hybridized carbons (Fsp3) is 0.0435. The molecule has 1 amide bonds. The molecule has 4 rings (SSSR count). The lowest BCUT2D eigenvalue weighted by atomic mass is 10.0. The third-order valence-electron chi connectivity index (χ3n) is 4.78. The first-order chi connectivity index (χ1) is 14.7. The maximum Gasteiger partial charge on any atom is 0.335 e. The topological polar surface area (TPSA) is 140 Å². The predicted molar refractivity (Wildman–Crippen MR) is 113 cm³/mol. The van der Waals surface area contributed by atoms with Gasteiger partial charge in [-0.25, -0.2) is 9.59 Å². The van der Waals surface area contributed by atoms with Crippen molar-refractivity contribution in [3.8, 4) is 0 Å². The Morgan fingerprint density at radius 3 is 1.52 bits per heavy atom. The van der Waals surface area contributed by atoms with Gasteiger partial charge in [-0.05, 0) is 73.2 Å². The van der Waals surface area contributed by atoms with Gasteiger partial charge in [0.05, 0.1) is 11.1 Å². The number of hydrogen-bond donors (Lipinski definition) is 3. The molecular weight excluding hydrogens is 400 g/mol. The Labute approximate surface area is 176 Å². The Hall–Kier alpha value is -4.46. The minimum absolute atomic E-state index is 0.0277. The van der Waals surface area contributed by atoms with Gasteiger partial charge < -0.3 is 15.9 Å². The molecule has 0 aliphatic rings. The molecule has 4 N–H and O–H groups in total. The summed E-state index contributed by atoms with van der Waals surface area (Å²) in [5.74, 6) is -2.82. The van der Waals surface area contributed by atoms with E-state index in [4.69, 9.17) is 15.9 Å². The molecule has 4 aromatic rings. The van der Waals surface area contributed by atoms with Gasteiger partial charge in [-0.2, -0.15) is 0 Å². The average molecular weight is 418 g/mol. The number of fused-ring (bicyclic) bond motifs is 2. The first-order valence-corrected chi connectivity index (χ1v) is 9.11. The van der Waals surface area contributed by atoms with E-state index >= 15 is 0 Å². The van der Waals surface area contributed by atoms with E-state index in [2.05, 4.69) is 0 Å². The van der Waals surface area contributed by atoms with E-state index in [-0.39, 0.29) is 22.6 Å². The summed E-state index contributed by atoms with van der Waals surface area (Å²) >= 11 is 0. The van der Waals surface area contributed by atoms with Gasteiger partial charge in [-0.3, -0.25) is 14.2 Å². The lowest BCUT2D eigenvalue weighted by molar-refractivity contribution is 0.0695. The van der Waals surface area contributed by atoms with Crippen LogP contribution in [0.2, 0.25) is 0 Å². The summed E-state index contributed by atoms with van der Waals surface area (Å²) in [4.78, 5) is 44.4. The minimum atomic E-state index is -1.11. The number of carbonyl (C=O) groups excluding carboxylic acids is 2. The van der Waals surface area contributed by atoms with Crippen molar-refractivity contribution in [1.82, 2.24) is 4.57 Å². The number of nitrogens with zero attached hydrogens (tertiary/aromatic N) is 1. The van der Waals surface area contributed by atoms with Crippen LogP contribution in [0.25, 0.3) is 11.0 Å². The van der Waals surface area contributed by atoms with Crippen LogP contribution in [0.1, 0.15) is 47.0 Å². The van der Waals surface area contributed by atoms with E-state index in [0.717, 1.165) is 11.0 Å². The molecule has 0 saturated carbocycles. The zero-order chi connectivity index (χ0) is 22.7. The number of aromatic nitrogens is 1. The van der Waals surface area contributed by atoms with Crippen molar-refractivity contribution in [2.75, 3.05) is 0 Å². The van der Waals surface area contributed by atoms with Crippen LogP contribution in [0, 0.1) is 6.92 Å². The van der Waals surface area contributed by atoms with Gasteiger partial charge >= 0.3 is 11.9 Å². The number of carboxylic acid groups (broad SMARTS) is 2. The SMILES string of the molecule is Cc1c(C(=O)O)cccc1C(=O)O.NC(=O)c1ccc(C(=O)n2c3ccc2cc3)cc1. The van der Waals surface area contributed by atoms with Gasteiger partial charge in [0.25, 0.3) is 5.91 Å². The molecule has 8 nitrogen and oxygen atoms in total. The molecule has 31 heavy (non-hydrogen) atoms. The summed E-state index contributed by atoms with van der Waals surface area (Å²) < 4.78 is 1.64. The van der Waals surface area contributed by atoms with Crippen LogP contribution in [0.15, 0.2) is 66.7 Å². The third-order valence-corrected chi connectivity index (χ3v) is 4.78. The summed E-state index contributed by atoms with van der Waals surface area (Å²) in [5, 5.41) is 17.4. The average Bonchev–Trinajstić information content (AvgIpc) is 3.34. The van der Waals surface area contributed by atoms with Crippen LogP contribution in [-0.2, 0) is 0 Å². The smallest absolute Gasteiger partial charge is 0.335 e. The number of amides is 1. The van der Waals surface area contributed by atoms with E-state index < -0.39 is 17.8 Å². The largest absolute Gasteiger partial charge is 0.478 e. The zero-order valence-electron chi connectivity index (χ0n) is 16.4. The molecule has 0 unspecified atom stereocenters. The highest BCUT2D eigenvalue weighted by atomic mass is 16.4. The van der Waals surface area contributed by atoms with Gasteiger partial charge in [-0.1, -0.05) is 6.07 Å². The van der Waals surface area contributed by atoms with E-state index in [9.17, 15) is 19.2 Å². The number of primary amides is 1. The quantitative estimate of drug-likeness (QED) is 0.465. The van der Waals surface area contributed by atoms with Gasteiger partial charge in [0, 0.05) is 22.2 Å². The van der Waals surface area contributed by atoms with Crippen LogP contribution in [0.5, 0.6) is 0 Å². The van der Waals surface area contributed by atoms with Crippen LogP contribution >= 0.6 is 0 Å². The number of carboxylic acids is 2. The highest BCUT2D eigenvalue weighted by Gasteiger charge is 2.15. The Kier molecular flexibility index (Phi) is 5.83. The maximum atomic E-state index is 12.3. The van der Waals surface area contributed by atoms with E-state index in [1.165, 1.54) is 25.1 Å². The normalized spacial score (nSPS) is 10.4. The fourth-order valence-corrected chi connectivity index (χ4v) is 3.14. The van der Waals surface area contributed by atoms with Crippen molar-refractivity contribution in [1.29, 1.82) is 0 Å². The second kappa shape index (κ2) is 8.50. The highest BCUT2D eigenvalue weighted by Crippen LogP contribution is 2.19. The molecule has 8 heteroatoms. The molecule has 2 aromatic heterocycles. The Balaban J connectivity index is 0.000000187. The fourth-order valence-electron chi connectivity index (χ4n) is 3.14. The van der Waals surface area contributed by atoms with Crippen LogP contribution < -0.4 is 5.73 Å². The number of hydrogen-bond acceptors (Lipinski definition) is 4. The zero-order valence-corrected chi connectivity index (χ0v) is 16.4. The van der Waals surface area contributed by atoms with Gasteiger partial charge in [0.15, 0.2) is 0 Å². The molecule has 0 spiro atoms. The van der Waals surface area contributed by atoms with Crippen LogP contribution in [-0.4, -0.2) is 38.5 Å². The molecule has 2 heterocycles. The van der Waals surface area contributed by atoms with Gasteiger partial charge in [0.2, 0.25) is 5.91 Å². The summed E-state index contributed by atoms with van der Waals surface area (Å²) in [5.41, 5.74) is 8.15.